The van der Waals surface area contributed by atoms with E-state index in [1.54, 1.807) is 7.11 Å². The zero-order valence-corrected chi connectivity index (χ0v) is 10.3. The van der Waals surface area contributed by atoms with E-state index in [0.29, 0.717) is 0 Å². The number of hydrogen-bond donors (Lipinski definition) is 2. The summed E-state index contributed by atoms with van der Waals surface area (Å²) in [5.74, 6) is 0.229. The molecule has 0 spiro atoms. The van der Waals surface area contributed by atoms with Crippen molar-refractivity contribution in [2.24, 2.45) is 10.9 Å². The van der Waals surface area contributed by atoms with E-state index < -0.39 is 0 Å². The summed E-state index contributed by atoms with van der Waals surface area (Å²) >= 11 is 0. The number of methoxy groups -OCH3 is 1. The number of ether oxygens (including phenoxy) is 1. The topological polar surface area (TPSA) is 71.1 Å². The third-order valence-electron chi connectivity index (χ3n) is 2.82. The van der Waals surface area contributed by atoms with Gasteiger partial charge in [-0.25, -0.2) is 0 Å². The molecular weight excluding hydrogens is 194 g/mol. The molecule has 0 aliphatic carbocycles. The number of oxime groups is 1. The molecule has 15 heavy (non-hydrogen) atoms. The first-order chi connectivity index (χ1) is 6.84. The molecule has 0 aromatic heterocycles. The van der Waals surface area contributed by atoms with Gasteiger partial charge in [-0.1, -0.05) is 5.16 Å². The predicted octanol–water partition coefficient (Wildman–Crippen LogP) is 0.868. The molecule has 5 heteroatoms. The van der Waals surface area contributed by atoms with Gasteiger partial charge in [0.25, 0.3) is 0 Å². The summed E-state index contributed by atoms with van der Waals surface area (Å²) in [6, 6.07) is -0.0670. The van der Waals surface area contributed by atoms with Gasteiger partial charge in [0.05, 0.1) is 11.6 Å². The predicted molar refractivity (Wildman–Crippen MR) is 61.2 cm³/mol. The maximum atomic E-state index is 8.54. The average Bonchev–Trinajstić information content (AvgIpc) is 2.23. The van der Waals surface area contributed by atoms with Crippen LogP contribution in [0, 0.1) is 0 Å². The van der Waals surface area contributed by atoms with Crippen LogP contribution in [0.1, 0.15) is 27.2 Å². The summed E-state index contributed by atoms with van der Waals surface area (Å²) < 4.78 is 5.32. The number of hydrogen-bond acceptors (Lipinski definition) is 4. The lowest BCUT2D eigenvalue weighted by atomic mass is 10.0. The van der Waals surface area contributed by atoms with Crippen LogP contribution in [-0.2, 0) is 4.74 Å². The third kappa shape index (κ3) is 4.99. The zero-order chi connectivity index (χ0) is 12.1. The van der Waals surface area contributed by atoms with Crippen molar-refractivity contribution >= 4 is 5.84 Å². The Balaban J connectivity index is 4.09. The Morgan fingerprint density at radius 2 is 2.13 bits per heavy atom. The van der Waals surface area contributed by atoms with Gasteiger partial charge in [-0.05, 0) is 34.2 Å². The number of nitrogens with zero attached hydrogens (tertiary/aromatic N) is 2. The highest BCUT2D eigenvalue weighted by molar-refractivity contribution is 5.84. The Morgan fingerprint density at radius 1 is 1.60 bits per heavy atom. The maximum absolute atomic E-state index is 8.54. The summed E-state index contributed by atoms with van der Waals surface area (Å²) in [7, 11) is 3.64. The molecule has 0 amide bonds. The Morgan fingerprint density at radius 3 is 2.53 bits per heavy atom. The minimum Gasteiger partial charge on any atom is -0.409 e. The van der Waals surface area contributed by atoms with Crippen LogP contribution in [0.2, 0.25) is 0 Å². The first-order valence-corrected chi connectivity index (χ1v) is 5.07. The van der Waals surface area contributed by atoms with Crippen molar-refractivity contribution in [2.75, 3.05) is 20.7 Å². The summed E-state index contributed by atoms with van der Waals surface area (Å²) in [5.41, 5.74) is 5.38. The maximum Gasteiger partial charge on any atom is 0.156 e. The minimum atomic E-state index is -0.140. The van der Waals surface area contributed by atoms with Crippen LogP contribution in [0.25, 0.3) is 0 Å². The van der Waals surface area contributed by atoms with E-state index >= 15 is 0 Å². The second-order valence-corrected chi connectivity index (χ2v) is 4.40. The molecule has 0 saturated heterocycles. The largest absolute Gasteiger partial charge is 0.409 e. The fourth-order valence-corrected chi connectivity index (χ4v) is 1.05. The molecule has 3 N–H and O–H groups in total. The van der Waals surface area contributed by atoms with E-state index in [0.717, 1.165) is 13.0 Å². The van der Waals surface area contributed by atoms with E-state index in [1.807, 2.05) is 32.7 Å². The standard InChI is InChI=1S/C10H23N3O2/c1-8(9(11)12-14)13(4)7-6-10(2,3)15-5/h8,14H,6-7H2,1-5H3,(H2,11,12). The molecule has 0 aromatic carbocycles. The molecule has 0 fully saturated rings. The van der Waals surface area contributed by atoms with Crippen LogP contribution in [0.5, 0.6) is 0 Å². The molecule has 0 saturated carbocycles. The highest BCUT2D eigenvalue weighted by Crippen LogP contribution is 2.13. The first kappa shape index (κ1) is 14.2. The van der Waals surface area contributed by atoms with E-state index in [-0.39, 0.29) is 17.5 Å². The molecule has 0 rings (SSSR count). The van der Waals surface area contributed by atoms with Crippen LogP contribution >= 0.6 is 0 Å². The monoisotopic (exact) mass is 217 g/mol. The van der Waals surface area contributed by atoms with E-state index in [1.165, 1.54) is 0 Å². The zero-order valence-electron chi connectivity index (χ0n) is 10.3. The summed E-state index contributed by atoms with van der Waals surface area (Å²) in [6.07, 6.45) is 0.892. The lowest BCUT2D eigenvalue weighted by molar-refractivity contribution is 0.00832. The van der Waals surface area contributed by atoms with Gasteiger partial charge >= 0.3 is 0 Å². The van der Waals surface area contributed by atoms with E-state index in [4.69, 9.17) is 15.7 Å². The van der Waals surface area contributed by atoms with Crippen molar-refractivity contribution < 1.29 is 9.94 Å². The van der Waals surface area contributed by atoms with Crippen molar-refractivity contribution in [3.05, 3.63) is 0 Å². The molecule has 90 valence electrons. The molecule has 1 unspecified atom stereocenters. The SMILES string of the molecule is COC(C)(C)CCN(C)C(C)C(N)=NO. The molecular formula is C10H23N3O2. The normalized spacial score (nSPS) is 15.7. The Bertz CT molecular complexity index is 217. The molecule has 0 aliphatic rings. The lowest BCUT2D eigenvalue weighted by Gasteiger charge is -2.29. The molecule has 0 heterocycles. The molecule has 0 aliphatic heterocycles. The fraction of sp³-hybridized carbons (Fsp3) is 0.900. The van der Waals surface area contributed by atoms with Crippen LogP contribution in [-0.4, -0.2) is 48.3 Å². The van der Waals surface area contributed by atoms with Gasteiger partial charge < -0.3 is 15.7 Å². The van der Waals surface area contributed by atoms with Gasteiger partial charge in [-0.2, -0.15) is 0 Å². The van der Waals surface area contributed by atoms with Crippen molar-refractivity contribution in [3.63, 3.8) is 0 Å². The van der Waals surface area contributed by atoms with Crippen molar-refractivity contribution in [3.8, 4) is 0 Å². The van der Waals surface area contributed by atoms with Crippen molar-refractivity contribution in [2.45, 2.75) is 38.8 Å². The number of likely N-dealkylation sites (N-methyl/N-ethyl adjacent to an activating group) is 1. The molecule has 1 atom stereocenters. The van der Waals surface area contributed by atoms with Crippen LogP contribution in [0.15, 0.2) is 5.16 Å². The highest BCUT2D eigenvalue weighted by atomic mass is 16.5. The smallest absolute Gasteiger partial charge is 0.156 e. The molecule has 5 nitrogen and oxygen atoms in total. The van der Waals surface area contributed by atoms with E-state index in [2.05, 4.69) is 5.16 Å². The third-order valence-corrected chi connectivity index (χ3v) is 2.82. The highest BCUT2D eigenvalue weighted by Gasteiger charge is 2.20. The molecule has 0 bridgehead atoms. The van der Waals surface area contributed by atoms with Crippen molar-refractivity contribution in [1.82, 2.24) is 4.90 Å². The van der Waals surface area contributed by atoms with Gasteiger partial charge in [0.15, 0.2) is 5.84 Å². The number of amidine groups is 1. The second-order valence-electron chi connectivity index (χ2n) is 4.40. The number of nitrogens with two attached hydrogens (primary N) is 1. The fourth-order valence-electron chi connectivity index (χ4n) is 1.05. The van der Waals surface area contributed by atoms with Crippen molar-refractivity contribution in [1.29, 1.82) is 0 Å². The molecule has 0 radical (unpaired) electrons. The Kier molecular flexibility index (Phi) is 5.60. The van der Waals surface area contributed by atoms with Gasteiger partial charge in [0.2, 0.25) is 0 Å². The summed E-state index contributed by atoms with van der Waals surface area (Å²) in [5, 5.41) is 11.5. The lowest BCUT2D eigenvalue weighted by Crippen LogP contribution is -2.42. The van der Waals surface area contributed by atoms with Gasteiger partial charge in [-0.15, -0.1) is 0 Å². The second kappa shape index (κ2) is 5.92. The van der Waals surface area contributed by atoms with Gasteiger partial charge in [0.1, 0.15) is 0 Å². The molecule has 0 aromatic rings. The van der Waals surface area contributed by atoms with E-state index in [9.17, 15) is 0 Å². The first-order valence-electron chi connectivity index (χ1n) is 5.07. The van der Waals surface area contributed by atoms with Crippen LogP contribution in [0.4, 0.5) is 0 Å². The van der Waals surface area contributed by atoms with Crippen LogP contribution < -0.4 is 5.73 Å². The van der Waals surface area contributed by atoms with Crippen LogP contribution in [0.3, 0.4) is 0 Å². The Hall–Kier alpha value is -0.810. The average molecular weight is 217 g/mol. The minimum absolute atomic E-state index is 0.0670. The summed E-state index contributed by atoms with van der Waals surface area (Å²) in [6.45, 7) is 6.80. The summed E-state index contributed by atoms with van der Waals surface area (Å²) in [4.78, 5) is 2.02. The quantitative estimate of drug-likeness (QED) is 0.300. The van der Waals surface area contributed by atoms with Gasteiger partial charge in [0, 0.05) is 13.7 Å². The number of rotatable bonds is 6. The Labute approximate surface area is 91.9 Å². The van der Waals surface area contributed by atoms with Gasteiger partial charge in [-0.3, -0.25) is 4.90 Å².